The Labute approximate surface area is 180 Å². The summed E-state index contributed by atoms with van der Waals surface area (Å²) in [6, 6.07) is 14.5. The van der Waals surface area contributed by atoms with Crippen LogP contribution in [0.4, 0.5) is 0 Å². The fourth-order valence-corrected chi connectivity index (χ4v) is 3.79. The molecule has 1 amide bonds. The lowest BCUT2D eigenvalue weighted by molar-refractivity contribution is -0.121. The van der Waals surface area contributed by atoms with Gasteiger partial charge in [0.25, 0.3) is 0 Å². The molecular weight excluding hydrogens is 376 g/mol. The highest BCUT2D eigenvalue weighted by Crippen LogP contribution is 2.17. The van der Waals surface area contributed by atoms with E-state index in [1.54, 1.807) is 0 Å². The van der Waals surface area contributed by atoms with E-state index in [1.807, 2.05) is 18.2 Å². The Balaban J connectivity index is 1.38. The van der Waals surface area contributed by atoms with E-state index in [0.29, 0.717) is 19.6 Å². The van der Waals surface area contributed by atoms with Gasteiger partial charge in [-0.3, -0.25) is 9.69 Å². The van der Waals surface area contributed by atoms with Crippen LogP contribution in [0.1, 0.15) is 42.5 Å². The molecule has 0 bridgehead atoms. The number of benzene rings is 2. The molecule has 0 aliphatic carbocycles. The number of morpholine rings is 1. The van der Waals surface area contributed by atoms with Crippen molar-refractivity contribution in [3.63, 3.8) is 0 Å². The van der Waals surface area contributed by atoms with Gasteiger partial charge in [-0.15, -0.1) is 0 Å². The van der Waals surface area contributed by atoms with Crippen LogP contribution >= 0.6 is 0 Å². The van der Waals surface area contributed by atoms with Gasteiger partial charge in [0.1, 0.15) is 5.75 Å². The minimum atomic E-state index is -0.000739. The minimum absolute atomic E-state index is 0.000739. The highest BCUT2D eigenvalue weighted by Gasteiger charge is 2.21. The lowest BCUT2D eigenvalue weighted by Crippen LogP contribution is -2.44. The van der Waals surface area contributed by atoms with Crippen molar-refractivity contribution in [3.05, 3.63) is 64.7 Å². The van der Waals surface area contributed by atoms with Crippen molar-refractivity contribution in [2.75, 3.05) is 19.7 Å². The fourth-order valence-electron chi connectivity index (χ4n) is 3.79. The van der Waals surface area contributed by atoms with Crippen LogP contribution in [0.2, 0.25) is 0 Å². The second-order valence-corrected chi connectivity index (χ2v) is 8.39. The molecule has 1 aliphatic rings. The average Bonchev–Trinajstić information content (AvgIpc) is 2.69. The van der Waals surface area contributed by atoms with Gasteiger partial charge in [0, 0.05) is 26.2 Å². The van der Waals surface area contributed by atoms with Crippen LogP contribution in [0.15, 0.2) is 42.5 Å². The molecule has 30 heavy (non-hydrogen) atoms. The summed E-state index contributed by atoms with van der Waals surface area (Å²) >= 11 is 0. The monoisotopic (exact) mass is 410 g/mol. The highest BCUT2D eigenvalue weighted by molar-refractivity contribution is 5.76. The molecule has 0 spiro atoms. The lowest BCUT2D eigenvalue weighted by Gasteiger charge is -2.35. The van der Waals surface area contributed by atoms with Gasteiger partial charge in [0.2, 0.25) is 5.91 Å². The number of hydrogen-bond acceptors (Lipinski definition) is 4. The predicted molar refractivity (Wildman–Crippen MR) is 120 cm³/mol. The van der Waals surface area contributed by atoms with Crippen LogP contribution in [0.3, 0.4) is 0 Å². The molecule has 5 nitrogen and oxygen atoms in total. The first kappa shape index (κ1) is 22.3. The first-order valence-electron chi connectivity index (χ1n) is 10.8. The molecule has 1 N–H and O–H groups in total. The number of nitrogens with one attached hydrogen (secondary N) is 1. The Morgan fingerprint density at radius 3 is 2.37 bits per heavy atom. The van der Waals surface area contributed by atoms with Gasteiger partial charge < -0.3 is 14.8 Å². The molecule has 2 aromatic rings. The summed E-state index contributed by atoms with van der Waals surface area (Å²) in [7, 11) is 0. The Bertz CT molecular complexity index is 825. The van der Waals surface area contributed by atoms with Crippen LogP contribution in [0, 0.1) is 13.8 Å². The summed E-state index contributed by atoms with van der Waals surface area (Å²) in [5.74, 6) is 0.810. The number of nitrogens with zero attached hydrogens (tertiary/aromatic N) is 1. The molecule has 0 radical (unpaired) electrons. The Morgan fingerprint density at radius 2 is 1.70 bits per heavy atom. The van der Waals surface area contributed by atoms with E-state index in [9.17, 15) is 4.79 Å². The molecule has 1 heterocycles. The molecule has 0 saturated carbocycles. The van der Waals surface area contributed by atoms with Gasteiger partial charge >= 0.3 is 0 Å². The molecule has 5 heteroatoms. The van der Waals surface area contributed by atoms with E-state index in [1.165, 1.54) is 16.7 Å². The van der Waals surface area contributed by atoms with Gasteiger partial charge in [0.15, 0.2) is 0 Å². The van der Waals surface area contributed by atoms with E-state index in [-0.39, 0.29) is 18.1 Å². The molecule has 0 aromatic heterocycles. The standard InChI is InChI=1S/C25H34N2O3/c1-18-5-10-24(13-19(18)2)29-12-11-25(28)26-14-22-6-8-23(9-7-22)17-27-15-20(3)30-21(4)16-27/h5-10,13,20-21H,11-12,14-17H2,1-4H3,(H,26,28)/t20-,21+. The van der Waals surface area contributed by atoms with E-state index in [2.05, 4.69) is 62.2 Å². The quantitative estimate of drug-likeness (QED) is 0.715. The van der Waals surface area contributed by atoms with Gasteiger partial charge in [-0.05, 0) is 62.1 Å². The number of amides is 1. The summed E-state index contributed by atoms with van der Waals surface area (Å²) in [4.78, 5) is 14.5. The first-order valence-corrected chi connectivity index (χ1v) is 10.8. The fraction of sp³-hybridized carbons (Fsp3) is 0.480. The minimum Gasteiger partial charge on any atom is -0.493 e. The van der Waals surface area contributed by atoms with Gasteiger partial charge in [-0.25, -0.2) is 0 Å². The number of aryl methyl sites for hydroxylation is 2. The maximum atomic E-state index is 12.1. The average molecular weight is 411 g/mol. The zero-order valence-electron chi connectivity index (χ0n) is 18.6. The third kappa shape index (κ3) is 6.85. The van der Waals surface area contributed by atoms with E-state index < -0.39 is 0 Å². The molecule has 2 atom stereocenters. The van der Waals surface area contributed by atoms with Crippen molar-refractivity contribution >= 4 is 5.91 Å². The van der Waals surface area contributed by atoms with Crippen molar-refractivity contribution in [3.8, 4) is 5.75 Å². The van der Waals surface area contributed by atoms with E-state index in [0.717, 1.165) is 30.9 Å². The van der Waals surface area contributed by atoms with Crippen molar-refractivity contribution in [2.24, 2.45) is 0 Å². The largest absolute Gasteiger partial charge is 0.493 e. The second kappa shape index (κ2) is 10.6. The third-order valence-electron chi connectivity index (χ3n) is 5.49. The number of carbonyl (C=O) groups is 1. The van der Waals surface area contributed by atoms with Crippen LogP contribution in [-0.4, -0.2) is 42.7 Å². The molecule has 2 aromatic carbocycles. The predicted octanol–water partition coefficient (Wildman–Crippen LogP) is 4.00. The molecule has 1 aliphatic heterocycles. The van der Waals surface area contributed by atoms with Gasteiger partial charge in [-0.2, -0.15) is 0 Å². The molecule has 0 unspecified atom stereocenters. The van der Waals surface area contributed by atoms with Crippen LogP contribution in [0.25, 0.3) is 0 Å². The van der Waals surface area contributed by atoms with Crippen molar-refractivity contribution in [1.29, 1.82) is 0 Å². The third-order valence-corrected chi connectivity index (χ3v) is 5.49. The number of rotatable bonds is 8. The molecule has 1 saturated heterocycles. The topological polar surface area (TPSA) is 50.8 Å². The Hall–Kier alpha value is -2.37. The first-order chi connectivity index (χ1) is 14.4. The lowest BCUT2D eigenvalue weighted by atomic mass is 10.1. The second-order valence-electron chi connectivity index (χ2n) is 8.39. The number of ether oxygens (including phenoxy) is 2. The smallest absolute Gasteiger partial charge is 0.223 e. The zero-order valence-corrected chi connectivity index (χ0v) is 18.6. The normalized spacial score (nSPS) is 19.5. The number of hydrogen-bond donors (Lipinski definition) is 1. The summed E-state index contributed by atoms with van der Waals surface area (Å²) < 4.78 is 11.5. The Kier molecular flexibility index (Phi) is 7.88. The maximum absolute atomic E-state index is 12.1. The van der Waals surface area contributed by atoms with Crippen molar-refractivity contribution < 1.29 is 14.3 Å². The Morgan fingerprint density at radius 1 is 1.03 bits per heavy atom. The zero-order chi connectivity index (χ0) is 21.5. The molecule has 3 rings (SSSR count). The van der Waals surface area contributed by atoms with Crippen LogP contribution in [-0.2, 0) is 22.6 Å². The van der Waals surface area contributed by atoms with E-state index in [4.69, 9.17) is 9.47 Å². The summed E-state index contributed by atoms with van der Waals surface area (Å²) in [5.41, 5.74) is 4.82. The van der Waals surface area contributed by atoms with Crippen molar-refractivity contribution in [1.82, 2.24) is 10.2 Å². The summed E-state index contributed by atoms with van der Waals surface area (Å²) in [5, 5.41) is 2.97. The van der Waals surface area contributed by atoms with Crippen molar-refractivity contribution in [2.45, 2.75) is 59.4 Å². The van der Waals surface area contributed by atoms with E-state index >= 15 is 0 Å². The van der Waals surface area contributed by atoms with Gasteiger partial charge in [0.05, 0.1) is 25.2 Å². The molecular formula is C25H34N2O3. The number of carbonyl (C=O) groups excluding carboxylic acids is 1. The maximum Gasteiger partial charge on any atom is 0.223 e. The molecule has 1 fully saturated rings. The SMILES string of the molecule is Cc1ccc(OCCC(=O)NCc2ccc(CN3C[C@@H](C)O[C@@H](C)C3)cc2)cc1C. The van der Waals surface area contributed by atoms with Crippen LogP contribution < -0.4 is 10.1 Å². The van der Waals surface area contributed by atoms with Crippen LogP contribution in [0.5, 0.6) is 5.75 Å². The summed E-state index contributed by atoms with van der Waals surface area (Å²) in [6.07, 6.45) is 0.905. The van der Waals surface area contributed by atoms with Gasteiger partial charge in [-0.1, -0.05) is 30.3 Å². The summed E-state index contributed by atoms with van der Waals surface area (Å²) in [6.45, 7) is 12.2. The highest BCUT2D eigenvalue weighted by atomic mass is 16.5. The molecule has 162 valence electrons.